The molecule has 11 heteroatoms. The van der Waals surface area contributed by atoms with Gasteiger partial charge in [0.05, 0.1) is 29.3 Å². The van der Waals surface area contributed by atoms with Crippen molar-refractivity contribution in [1.82, 2.24) is 14.9 Å². The largest absolute Gasteiger partial charge is 0.495 e. The second kappa shape index (κ2) is 9.44. The van der Waals surface area contributed by atoms with E-state index in [9.17, 15) is 13.9 Å². The summed E-state index contributed by atoms with van der Waals surface area (Å²) in [7, 11) is 2.09. The number of hydrogen-bond donors (Lipinski definition) is 2. The van der Waals surface area contributed by atoms with E-state index >= 15 is 0 Å². The number of carbonyl (C=O) groups is 1. The molecule has 0 atom stereocenters. The number of rotatable bonds is 6. The summed E-state index contributed by atoms with van der Waals surface area (Å²) in [6, 6.07) is 11.1. The third-order valence-electron chi connectivity index (χ3n) is 6.29. The summed E-state index contributed by atoms with van der Waals surface area (Å²) in [5, 5.41) is 0.436. The number of carbonyl (C=O) groups excluding carboxylic acids is 1. The Hall–Kier alpha value is -3.05. The van der Waals surface area contributed by atoms with Gasteiger partial charge in [0.25, 0.3) is 5.91 Å². The Morgan fingerprint density at radius 3 is 2.69 bits per heavy atom. The summed E-state index contributed by atoms with van der Waals surface area (Å²) in [5.41, 5.74) is 4.09. The maximum absolute atomic E-state index is 12.0. The Labute approximate surface area is 216 Å². The maximum atomic E-state index is 12.0. The Bertz CT molecular complexity index is 1350. The summed E-state index contributed by atoms with van der Waals surface area (Å²) in [4.78, 5) is 25.1. The number of anilines is 2. The first-order valence-corrected chi connectivity index (χ1v) is 13.6. The van der Waals surface area contributed by atoms with Crippen LogP contribution < -0.4 is 14.4 Å². The lowest BCUT2D eigenvalue weighted by Crippen LogP contribution is -2.27. The number of aromatic nitrogens is 2. The molecule has 5 rings (SSSR count). The first-order valence-electron chi connectivity index (χ1n) is 11.4. The lowest BCUT2D eigenvalue weighted by Gasteiger charge is -2.26. The molecule has 190 valence electrons. The van der Waals surface area contributed by atoms with Crippen molar-refractivity contribution in [3.8, 4) is 22.9 Å². The molecule has 1 aromatic heterocycles. The highest BCUT2D eigenvalue weighted by molar-refractivity contribution is 8.23. The molecule has 2 aliphatic rings. The Kier molecular flexibility index (Phi) is 6.46. The van der Waals surface area contributed by atoms with Crippen molar-refractivity contribution in [1.29, 1.82) is 0 Å². The lowest BCUT2D eigenvalue weighted by atomic mass is 10.1. The molecule has 2 aromatic carbocycles. The van der Waals surface area contributed by atoms with E-state index in [0.29, 0.717) is 46.0 Å². The number of methoxy groups -OCH3 is 1. The number of likely N-dealkylation sites (N-methyl/N-ethyl adjacent to an activating group) is 1. The minimum atomic E-state index is -2.83. The van der Waals surface area contributed by atoms with Gasteiger partial charge in [0.15, 0.2) is 12.4 Å². The van der Waals surface area contributed by atoms with E-state index in [0.717, 1.165) is 23.2 Å². The predicted molar refractivity (Wildman–Crippen MR) is 141 cm³/mol. The van der Waals surface area contributed by atoms with Crippen LogP contribution in [0.25, 0.3) is 11.4 Å². The Balaban J connectivity index is 1.55. The van der Waals surface area contributed by atoms with Crippen LogP contribution in [0.1, 0.15) is 16.8 Å². The minimum Gasteiger partial charge on any atom is -0.495 e. The first kappa shape index (κ1) is 24.6. The van der Waals surface area contributed by atoms with Gasteiger partial charge in [-0.3, -0.25) is 13.9 Å². The van der Waals surface area contributed by atoms with Gasteiger partial charge in [0.2, 0.25) is 0 Å². The van der Waals surface area contributed by atoms with E-state index in [2.05, 4.69) is 9.88 Å². The van der Waals surface area contributed by atoms with Gasteiger partial charge in [0, 0.05) is 43.5 Å². The van der Waals surface area contributed by atoms with Crippen molar-refractivity contribution in [2.75, 3.05) is 39.3 Å². The second-order valence-electron chi connectivity index (χ2n) is 9.01. The molecule has 0 spiro atoms. The van der Waals surface area contributed by atoms with Crippen LogP contribution in [0.5, 0.6) is 11.5 Å². The fourth-order valence-electron chi connectivity index (χ4n) is 4.39. The molecule has 0 fully saturated rings. The summed E-state index contributed by atoms with van der Waals surface area (Å²) in [6.07, 6.45) is 0.797. The van der Waals surface area contributed by atoms with Crippen LogP contribution in [0, 0.1) is 0 Å². The quantitative estimate of drug-likeness (QED) is 0.471. The average Bonchev–Trinajstić information content (AvgIpc) is 3.40. The summed E-state index contributed by atoms with van der Waals surface area (Å²) >= 11 is 6.36. The van der Waals surface area contributed by atoms with E-state index in [1.54, 1.807) is 33.3 Å². The second-order valence-corrected chi connectivity index (χ2v) is 11.6. The standard InChI is InChI=1S/C25H27ClN4O5S/c1-29(2)23(31)12-35-17-6-4-15-8-9-30(21(15)11-17)25-18-13-36(32,33)14-20(18)27-24(28-25)16-5-7-22(34-3)19(26)10-16/h4-7,10-11,32-33H,8-9,12-14H2,1-3H3. The highest BCUT2D eigenvalue weighted by Crippen LogP contribution is 2.55. The minimum absolute atomic E-state index is 0.0576. The van der Waals surface area contributed by atoms with Crippen molar-refractivity contribution >= 4 is 39.6 Å². The molecule has 3 heterocycles. The van der Waals surface area contributed by atoms with Crippen molar-refractivity contribution in [2.24, 2.45) is 0 Å². The van der Waals surface area contributed by atoms with Gasteiger partial charge in [-0.2, -0.15) is 10.6 Å². The fraction of sp³-hybridized carbons (Fsp3) is 0.320. The molecule has 2 N–H and O–H groups in total. The topological polar surface area (TPSA) is 108 Å². The molecule has 0 saturated heterocycles. The van der Waals surface area contributed by atoms with Crippen LogP contribution >= 0.6 is 22.2 Å². The van der Waals surface area contributed by atoms with E-state index in [4.69, 9.17) is 26.1 Å². The highest BCUT2D eigenvalue weighted by Gasteiger charge is 2.34. The average molecular weight is 531 g/mol. The summed E-state index contributed by atoms with van der Waals surface area (Å²) in [6.45, 7) is 0.610. The van der Waals surface area contributed by atoms with E-state index in [1.165, 1.54) is 4.90 Å². The van der Waals surface area contributed by atoms with Crippen molar-refractivity contribution < 1.29 is 23.4 Å². The predicted octanol–water partition coefficient (Wildman–Crippen LogP) is 4.73. The number of ether oxygens (including phenoxy) is 2. The maximum Gasteiger partial charge on any atom is 0.259 e. The number of hydrogen-bond acceptors (Lipinski definition) is 8. The van der Waals surface area contributed by atoms with Crippen molar-refractivity contribution in [2.45, 2.75) is 17.9 Å². The molecule has 0 aliphatic carbocycles. The van der Waals surface area contributed by atoms with E-state index < -0.39 is 10.6 Å². The van der Waals surface area contributed by atoms with Crippen molar-refractivity contribution in [3.05, 3.63) is 58.2 Å². The molecule has 9 nitrogen and oxygen atoms in total. The van der Waals surface area contributed by atoms with Crippen LogP contribution in [0.2, 0.25) is 5.02 Å². The van der Waals surface area contributed by atoms with Gasteiger partial charge in [-0.15, -0.1) is 0 Å². The van der Waals surface area contributed by atoms with Crippen molar-refractivity contribution in [3.63, 3.8) is 0 Å². The Morgan fingerprint density at radius 1 is 1.17 bits per heavy atom. The number of fused-ring (bicyclic) bond motifs is 2. The third kappa shape index (κ3) is 4.69. The molecule has 0 saturated carbocycles. The molecule has 3 aromatic rings. The molecular weight excluding hydrogens is 504 g/mol. The van der Waals surface area contributed by atoms with Gasteiger partial charge >= 0.3 is 0 Å². The molecule has 0 unspecified atom stereocenters. The van der Waals surface area contributed by atoms with Crippen LogP contribution in [-0.4, -0.2) is 64.2 Å². The van der Waals surface area contributed by atoms with Crippen LogP contribution in [0.3, 0.4) is 0 Å². The zero-order valence-corrected chi connectivity index (χ0v) is 21.8. The first-order chi connectivity index (χ1) is 17.1. The molecule has 36 heavy (non-hydrogen) atoms. The number of amides is 1. The highest BCUT2D eigenvalue weighted by atomic mass is 35.5. The normalized spacial score (nSPS) is 16.3. The smallest absolute Gasteiger partial charge is 0.259 e. The molecule has 0 radical (unpaired) electrons. The van der Waals surface area contributed by atoms with Gasteiger partial charge in [-0.1, -0.05) is 17.7 Å². The molecular formula is C25H27ClN4O5S. The zero-order chi connectivity index (χ0) is 25.6. The molecule has 0 bridgehead atoms. The SMILES string of the molecule is COc1ccc(-c2nc3c(c(N4CCc5ccc(OCC(=O)N(C)C)cc54)n2)CS(O)(O)C3)cc1Cl. The van der Waals surface area contributed by atoms with Gasteiger partial charge in [0.1, 0.15) is 17.3 Å². The third-order valence-corrected chi connectivity index (χ3v) is 8.08. The monoisotopic (exact) mass is 530 g/mol. The number of halogens is 1. The van der Waals surface area contributed by atoms with Crippen LogP contribution in [0.4, 0.5) is 11.5 Å². The molecule has 1 amide bonds. The lowest BCUT2D eigenvalue weighted by molar-refractivity contribution is -0.130. The van der Waals surface area contributed by atoms with E-state index in [-0.39, 0.29) is 24.0 Å². The number of benzene rings is 2. The van der Waals surface area contributed by atoms with Crippen LogP contribution in [-0.2, 0) is 22.7 Å². The zero-order valence-electron chi connectivity index (χ0n) is 20.2. The van der Waals surface area contributed by atoms with Gasteiger partial charge in [-0.25, -0.2) is 9.97 Å². The summed E-state index contributed by atoms with van der Waals surface area (Å²) < 4.78 is 32.0. The van der Waals surface area contributed by atoms with E-state index in [1.807, 2.05) is 24.3 Å². The van der Waals surface area contributed by atoms with Crippen LogP contribution in [0.15, 0.2) is 36.4 Å². The summed E-state index contributed by atoms with van der Waals surface area (Å²) in [5.74, 6) is 2.28. The molecule has 2 aliphatic heterocycles. The fourth-order valence-corrected chi connectivity index (χ4v) is 6.18. The Morgan fingerprint density at radius 2 is 1.97 bits per heavy atom. The van der Waals surface area contributed by atoms with Gasteiger partial charge in [-0.05, 0) is 36.2 Å². The van der Waals surface area contributed by atoms with Gasteiger partial charge < -0.3 is 19.3 Å². The number of nitrogens with zero attached hydrogens (tertiary/aromatic N) is 4.